The molecule has 6 aromatic carbocycles. The molecule has 0 unspecified atom stereocenters. The van der Waals surface area contributed by atoms with Gasteiger partial charge in [-0.05, 0) is 63.1 Å². The van der Waals surface area contributed by atoms with Crippen LogP contribution in [0.15, 0.2) is 146 Å². The molecule has 1 heterocycles. The molecule has 0 radical (unpaired) electrons. The molecule has 0 aliphatic rings. The fourth-order valence-corrected chi connectivity index (χ4v) is 6.49. The van der Waals surface area contributed by atoms with E-state index in [4.69, 9.17) is 0 Å². The van der Waals surface area contributed by atoms with Gasteiger partial charge in [0.05, 0.1) is 0 Å². The van der Waals surface area contributed by atoms with Crippen molar-refractivity contribution in [1.29, 1.82) is 0 Å². The first-order valence-corrected chi connectivity index (χ1v) is 17.0. The molecular weight excluding hydrogens is 567 g/mol. The third-order valence-corrected chi connectivity index (χ3v) is 9.12. The zero-order valence-corrected chi connectivity index (χ0v) is 27.1. The number of fused-ring (bicyclic) bond motifs is 3. The zero-order valence-electron chi connectivity index (χ0n) is 27.1. The number of hydrogen-bond donors (Lipinski definition) is 0. The third kappa shape index (κ3) is 7.05. The number of aromatic nitrogens is 1. The summed E-state index contributed by atoms with van der Waals surface area (Å²) in [5.74, 6) is 0. The minimum atomic E-state index is 1.03. The van der Waals surface area contributed by atoms with E-state index in [0.29, 0.717) is 0 Å². The highest BCUT2D eigenvalue weighted by molar-refractivity contribution is 6.09. The van der Waals surface area contributed by atoms with Gasteiger partial charge in [0.15, 0.2) is 0 Å². The van der Waals surface area contributed by atoms with Crippen molar-refractivity contribution in [2.45, 2.75) is 39.2 Å². The minimum Gasteiger partial charge on any atom is -0.340 e. The average molecular weight is 608 g/mol. The molecule has 0 bridgehead atoms. The number of aryl methyl sites for hydroxylation is 1. The van der Waals surface area contributed by atoms with E-state index in [0.717, 1.165) is 6.54 Å². The van der Waals surface area contributed by atoms with Crippen molar-refractivity contribution in [3.63, 3.8) is 0 Å². The summed E-state index contributed by atoms with van der Waals surface area (Å²) in [6, 6.07) is 52.6. The highest BCUT2D eigenvalue weighted by Gasteiger charge is 2.11. The van der Waals surface area contributed by atoms with Crippen LogP contribution in [0.25, 0.3) is 68.4 Å². The Kier molecular flexibility index (Phi) is 9.24. The quantitative estimate of drug-likeness (QED) is 0.102. The molecule has 0 amide bonds. The molecule has 0 aliphatic heterocycles. The molecule has 0 spiro atoms. The molecule has 0 N–H and O–H groups in total. The highest BCUT2D eigenvalue weighted by Crippen LogP contribution is 2.32. The van der Waals surface area contributed by atoms with Gasteiger partial charge in [0.1, 0.15) is 0 Å². The lowest BCUT2D eigenvalue weighted by Gasteiger charge is -2.08. The van der Waals surface area contributed by atoms with Gasteiger partial charge < -0.3 is 4.57 Å². The molecule has 1 nitrogen and oxygen atoms in total. The largest absolute Gasteiger partial charge is 0.340 e. The van der Waals surface area contributed by atoms with E-state index in [1.54, 1.807) is 0 Å². The van der Waals surface area contributed by atoms with Crippen LogP contribution in [0.3, 0.4) is 0 Å². The maximum Gasteiger partial charge on any atom is 0.0497 e. The molecular formula is C46H41N. The first-order chi connectivity index (χ1) is 23.2. The Morgan fingerprint density at radius 1 is 0.404 bits per heavy atom. The summed E-state index contributed by atoms with van der Waals surface area (Å²) in [6.45, 7) is 3.31. The normalized spacial score (nSPS) is 11.8. The summed E-state index contributed by atoms with van der Waals surface area (Å²) < 4.78 is 2.55. The van der Waals surface area contributed by atoms with Gasteiger partial charge in [-0.1, -0.05) is 184 Å². The first-order valence-electron chi connectivity index (χ1n) is 17.0. The SMILES string of the molecule is CCCCCCn1c2cc(/C=C/c3ccc(-c4ccccc4)cc3)ccc2c2ccc(/C=C/c3ccc(-c4ccccc4)cc3)cc21. The summed E-state index contributed by atoms with van der Waals surface area (Å²) in [7, 11) is 0. The second-order valence-electron chi connectivity index (χ2n) is 12.4. The van der Waals surface area contributed by atoms with E-state index in [1.165, 1.54) is 92.0 Å². The molecule has 0 saturated heterocycles. The van der Waals surface area contributed by atoms with Crippen LogP contribution < -0.4 is 0 Å². The predicted molar refractivity (Wildman–Crippen MR) is 205 cm³/mol. The van der Waals surface area contributed by atoms with Crippen molar-refractivity contribution in [3.05, 3.63) is 168 Å². The van der Waals surface area contributed by atoms with Crippen LogP contribution in [0.5, 0.6) is 0 Å². The summed E-state index contributed by atoms with van der Waals surface area (Å²) in [6.07, 6.45) is 13.9. The Morgan fingerprint density at radius 3 is 1.26 bits per heavy atom. The Hall–Kier alpha value is -5.40. The van der Waals surface area contributed by atoms with Gasteiger partial charge in [0, 0.05) is 28.4 Å². The predicted octanol–water partition coefficient (Wildman–Crippen LogP) is 13.0. The molecule has 230 valence electrons. The van der Waals surface area contributed by atoms with Gasteiger partial charge in [0.2, 0.25) is 0 Å². The molecule has 1 aromatic heterocycles. The molecule has 47 heavy (non-hydrogen) atoms. The lowest BCUT2D eigenvalue weighted by Crippen LogP contribution is -1.98. The fourth-order valence-electron chi connectivity index (χ4n) is 6.49. The van der Waals surface area contributed by atoms with Gasteiger partial charge in [0.25, 0.3) is 0 Å². The maximum absolute atomic E-state index is 2.55. The second kappa shape index (κ2) is 14.4. The van der Waals surface area contributed by atoms with Crippen LogP contribution in [-0.2, 0) is 6.54 Å². The smallest absolute Gasteiger partial charge is 0.0497 e. The monoisotopic (exact) mass is 607 g/mol. The third-order valence-electron chi connectivity index (χ3n) is 9.12. The first kappa shape index (κ1) is 30.3. The van der Waals surface area contributed by atoms with E-state index in [1.807, 2.05) is 0 Å². The lowest BCUT2D eigenvalue weighted by molar-refractivity contribution is 0.602. The van der Waals surface area contributed by atoms with Crippen LogP contribution in [0.2, 0.25) is 0 Å². The van der Waals surface area contributed by atoms with Crippen LogP contribution >= 0.6 is 0 Å². The van der Waals surface area contributed by atoms with Gasteiger partial charge >= 0.3 is 0 Å². The number of rotatable bonds is 11. The van der Waals surface area contributed by atoms with Crippen molar-refractivity contribution >= 4 is 46.1 Å². The van der Waals surface area contributed by atoms with E-state index >= 15 is 0 Å². The van der Waals surface area contributed by atoms with Gasteiger partial charge in [-0.3, -0.25) is 0 Å². The number of nitrogens with zero attached hydrogens (tertiary/aromatic N) is 1. The molecule has 0 atom stereocenters. The lowest BCUT2D eigenvalue weighted by atomic mass is 10.0. The topological polar surface area (TPSA) is 4.93 Å². The average Bonchev–Trinajstić information content (AvgIpc) is 3.44. The van der Waals surface area contributed by atoms with E-state index in [2.05, 4.69) is 181 Å². The zero-order chi connectivity index (χ0) is 31.8. The molecule has 7 rings (SSSR count). The molecule has 0 saturated carbocycles. The number of unbranched alkanes of at least 4 members (excludes halogenated alkanes) is 3. The summed E-state index contributed by atoms with van der Waals surface area (Å²) in [4.78, 5) is 0. The van der Waals surface area contributed by atoms with Crippen LogP contribution in [-0.4, -0.2) is 4.57 Å². The van der Waals surface area contributed by atoms with Crippen molar-refractivity contribution in [2.24, 2.45) is 0 Å². The standard InChI is InChI=1S/C46H41N/c1-2-3-4-11-32-47-45-33-37(18-16-35-20-26-41(27-21-35)39-12-7-5-8-13-39)24-30-43(45)44-31-25-38(34-46(44)47)19-17-36-22-28-42(29-23-36)40-14-9-6-10-15-40/h5-10,12-31,33-34H,2-4,11,32H2,1H3/b18-16+,19-17+. The highest BCUT2D eigenvalue weighted by atomic mass is 15.0. The Bertz CT molecular complexity index is 1980. The second-order valence-corrected chi connectivity index (χ2v) is 12.4. The van der Waals surface area contributed by atoms with Gasteiger partial charge in [-0.25, -0.2) is 0 Å². The Labute approximate surface area is 279 Å². The maximum atomic E-state index is 2.55. The molecule has 1 heteroatoms. The summed E-state index contributed by atoms with van der Waals surface area (Å²) in [5.41, 5.74) is 12.5. The number of benzene rings is 6. The molecule has 7 aromatic rings. The minimum absolute atomic E-state index is 1.03. The molecule has 0 aliphatic carbocycles. The van der Waals surface area contributed by atoms with Crippen molar-refractivity contribution in [3.8, 4) is 22.3 Å². The van der Waals surface area contributed by atoms with E-state index in [9.17, 15) is 0 Å². The van der Waals surface area contributed by atoms with Crippen LogP contribution in [0, 0.1) is 0 Å². The fraction of sp³-hybridized carbons (Fsp3) is 0.130. The van der Waals surface area contributed by atoms with Crippen LogP contribution in [0.4, 0.5) is 0 Å². The van der Waals surface area contributed by atoms with Crippen LogP contribution in [0.1, 0.15) is 54.9 Å². The van der Waals surface area contributed by atoms with Crippen molar-refractivity contribution in [1.82, 2.24) is 4.57 Å². The van der Waals surface area contributed by atoms with Gasteiger partial charge in [-0.15, -0.1) is 0 Å². The summed E-state index contributed by atoms with van der Waals surface area (Å²) >= 11 is 0. The summed E-state index contributed by atoms with van der Waals surface area (Å²) in [5, 5.41) is 2.65. The van der Waals surface area contributed by atoms with Crippen molar-refractivity contribution in [2.75, 3.05) is 0 Å². The molecule has 0 fully saturated rings. The van der Waals surface area contributed by atoms with E-state index in [-0.39, 0.29) is 0 Å². The Balaban J connectivity index is 1.16. The number of hydrogen-bond acceptors (Lipinski definition) is 0. The van der Waals surface area contributed by atoms with Crippen molar-refractivity contribution < 1.29 is 0 Å². The van der Waals surface area contributed by atoms with Gasteiger partial charge in [-0.2, -0.15) is 0 Å². The Morgan fingerprint density at radius 2 is 0.809 bits per heavy atom. The van der Waals surface area contributed by atoms with E-state index < -0.39 is 0 Å².